The zero-order valence-corrected chi connectivity index (χ0v) is 13.5. The maximum atomic E-state index is 12.2. The van der Waals surface area contributed by atoms with Crippen molar-refractivity contribution in [2.75, 3.05) is 19.7 Å². The molecule has 1 aromatic carbocycles. The second-order valence-electron chi connectivity index (χ2n) is 5.86. The Morgan fingerprint density at radius 2 is 2.39 bits per heavy atom. The van der Waals surface area contributed by atoms with Crippen molar-refractivity contribution in [1.82, 2.24) is 14.9 Å². The lowest BCUT2D eigenvalue weighted by atomic mass is 10.1. The minimum absolute atomic E-state index is 0.0930. The molecular formula is C16H17N3O3S. The van der Waals surface area contributed by atoms with Crippen molar-refractivity contribution in [3.8, 4) is 5.75 Å². The van der Waals surface area contributed by atoms with E-state index in [9.17, 15) is 9.90 Å². The number of aromatic nitrogens is 2. The highest BCUT2D eigenvalue weighted by Gasteiger charge is 2.19. The van der Waals surface area contributed by atoms with Gasteiger partial charge in [-0.25, -0.2) is 4.98 Å². The van der Waals surface area contributed by atoms with E-state index in [2.05, 4.69) is 21.8 Å². The fourth-order valence-electron chi connectivity index (χ4n) is 3.06. The van der Waals surface area contributed by atoms with Crippen LogP contribution in [0.4, 0.5) is 0 Å². The van der Waals surface area contributed by atoms with Crippen LogP contribution in [-0.4, -0.2) is 45.8 Å². The second-order valence-corrected chi connectivity index (χ2v) is 6.94. The first-order valence-corrected chi connectivity index (χ1v) is 8.41. The number of phenols is 1. The number of ether oxygens (including phenoxy) is 1. The summed E-state index contributed by atoms with van der Waals surface area (Å²) in [7, 11) is 0. The van der Waals surface area contributed by atoms with Crippen LogP contribution in [0.2, 0.25) is 0 Å². The minimum atomic E-state index is -0.196. The monoisotopic (exact) mass is 331 g/mol. The lowest BCUT2D eigenvalue weighted by molar-refractivity contribution is -0.0212. The zero-order chi connectivity index (χ0) is 16.0. The predicted molar refractivity (Wildman–Crippen MR) is 90.1 cm³/mol. The summed E-state index contributed by atoms with van der Waals surface area (Å²) < 4.78 is 5.55. The lowest BCUT2D eigenvalue weighted by Crippen LogP contribution is -2.40. The number of aromatic hydroxyl groups is 1. The summed E-state index contributed by atoms with van der Waals surface area (Å²) in [6, 6.07) is 4.96. The maximum absolute atomic E-state index is 12.2. The number of morpholine rings is 1. The van der Waals surface area contributed by atoms with Crippen LogP contribution in [0, 0.1) is 0 Å². The number of thiazole rings is 1. The summed E-state index contributed by atoms with van der Waals surface area (Å²) in [6.45, 7) is 5.27. The molecule has 1 fully saturated rings. The van der Waals surface area contributed by atoms with Gasteiger partial charge >= 0.3 is 0 Å². The minimum Gasteiger partial charge on any atom is -0.507 e. The fraction of sp³-hybridized carbons (Fsp3) is 0.375. The zero-order valence-electron chi connectivity index (χ0n) is 12.7. The van der Waals surface area contributed by atoms with Gasteiger partial charge in [0, 0.05) is 13.1 Å². The number of benzene rings is 1. The van der Waals surface area contributed by atoms with Crippen molar-refractivity contribution in [2.45, 2.75) is 19.6 Å². The van der Waals surface area contributed by atoms with Crippen LogP contribution in [0.5, 0.6) is 5.75 Å². The Morgan fingerprint density at radius 3 is 3.22 bits per heavy atom. The molecule has 1 aliphatic rings. The molecule has 3 aromatic rings. The summed E-state index contributed by atoms with van der Waals surface area (Å²) in [5.74, 6) is 0.0930. The molecule has 0 spiro atoms. The highest BCUT2D eigenvalue weighted by molar-refractivity contribution is 7.18. The largest absolute Gasteiger partial charge is 0.507 e. The Bertz CT molecular complexity index is 933. The van der Waals surface area contributed by atoms with E-state index >= 15 is 0 Å². The van der Waals surface area contributed by atoms with Crippen molar-refractivity contribution in [3.05, 3.63) is 33.6 Å². The third-order valence-electron chi connectivity index (χ3n) is 4.11. The molecule has 0 radical (unpaired) electrons. The van der Waals surface area contributed by atoms with Gasteiger partial charge in [-0.3, -0.25) is 9.69 Å². The molecule has 0 amide bonds. The molecule has 7 heteroatoms. The van der Waals surface area contributed by atoms with Crippen molar-refractivity contribution >= 4 is 32.5 Å². The standard InChI is InChI=1S/C16H17N3O3S/c1-9-7-19(5-6-22-9)8-12-17-14-13-10(3-2-4-11(13)20)15(21)18-16(14)23-12/h2-4,9,20H,5-8H2,1H3,(H,18,21)/t9-/m0/s1. The summed E-state index contributed by atoms with van der Waals surface area (Å²) in [5.41, 5.74) is 0.470. The highest BCUT2D eigenvalue weighted by atomic mass is 32.1. The van der Waals surface area contributed by atoms with E-state index in [0.717, 1.165) is 31.2 Å². The molecule has 1 saturated heterocycles. The molecule has 3 heterocycles. The molecule has 1 atom stereocenters. The molecule has 1 aliphatic heterocycles. The summed E-state index contributed by atoms with van der Waals surface area (Å²) in [5, 5.41) is 12.1. The number of nitrogens with zero attached hydrogens (tertiary/aromatic N) is 2. The van der Waals surface area contributed by atoms with Crippen LogP contribution in [0.3, 0.4) is 0 Å². The van der Waals surface area contributed by atoms with Crippen molar-refractivity contribution in [1.29, 1.82) is 0 Å². The molecule has 23 heavy (non-hydrogen) atoms. The molecule has 0 bridgehead atoms. The number of hydrogen-bond acceptors (Lipinski definition) is 6. The van der Waals surface area contributed by atoms with E-state index in [1.807, 2.05) is 0 Å². The maximum Gasteiger partial charge on any atom is 0.257 e. The van der Waals surface area contributed by atoms with Crippen LogP contribution in [0.15, 0.2) is 23.0 Å². The third kappa shape index (κ3) is 2.60. The normalized spacial score (nSPS) is 19.6. The topological polar surface area (TPSA) is 78.5 Å². The molecule has 4 rings (SSSR count). The quantitative estimate of drug-likeness (QED) is 0.751. The number of rotatable bonds is 2. The van der Waals surface area contributed by atoms with Gasteiger partial charge in [0.1, 0.15) is 21.1 Å². The first-order valence-electron chi connectivity index (χ1n) is 7.59. The van der Waals surface area contributed by atoms with Crippen LogP contribution >= 0.6 is 11.3 Å². The third-order valence-corrected chi connectivity index (χ3v) is 5.06. The Balaban J connectivity index is 1.78. The molecule has 2 aromatic heterocycles. The van der Waals surface area contributed by atoms with E-state index in [0.29, 0.717) is 21.1 Å². The summed E-state index contributed by atoms with van der Waals surface area (Å²) >= 11 is 1.47. The Morgan fingerprint density at radius 1 is 1.52 bits per heavy atom. The van der Waals surface area contributed by atoms with Crippen LogP contribution in [0.1, 0.15) is 11.9 Å². The molecule has 0 saturated carbocycles. The predicted octanol–water partition coefficient (Wildman–Crippen LogP) is 2.06. The van der Waals surface area contributed by atoms with Crippen molar-refractivity contribution < 1.29 is 9.84 Å². The number of hydrogen-bond donors (Lipinski definition) is 2. The first-order chi connectivity index (χ1) is 11.1. The number of nitrogens with one attached hydrogen (secondary N) is 1. The van der Waals surface area contributed by atoms with Crippen LogP contribution in [0.25, 0.3) is 21.1 Å². The number of phenolic OH excluding ortho intramolecular Hbond substituents is 1. The Hall–Kier alpha value is -1.96. The average molecular weight is 331 g/mol. The number of fused-ring (bicyclic) bond motifs is 3. The van der Waals surface area contributed by atoms with Gasteiger partial charge in [-0.1, -0.05) is 17.4 Å². The van der Waals surface area contributed by atoms with Gasteiger partial charge in [0.25, 0.3) is 5.56 Å². The first kappa shape index (κ1) is 14.6. The van der Waals surface area contributed by atoms with Crippen LogP contribution < -0.4 is 5.56 Å². The molecular weight excluding hydrogens is 314 g/mol. The van der Waals surface area contributed by atoms with Gasteiger partial charge in [0.2, 0.25) is 0 Å². The second kappa shape index (κ2) is 5.59. The van der Waals surface area contributed by atoms with Gasteiger partial charge in [0.15, 0.2) is 0 Å². The van der Waals surface area contributed by atoms with Gasteiger partial charge in [-0.2, -0.15) is 0 Å². The Kier molecular flexibility index (Phi) is 3.56. The molecule has 0 unspecified atom stereocenters. The molecule has 6 nitrogen and oxygen atoms in total. The van der Waals surface area contributed by atoms with E-state index in [1.165, 1.54) is 11.3 Å². The van der Waals surface area contributed by atoms with Crippen LogP contribution in [-0.2, 0) is 11.3 Å². The molecule has 0 aliphatic carbocycles. The number of pyridine rings is 1. The Labute approximate surface area is 136 Å². The van der Waals surface area contributed by atoms with E-state index in [1.54, 1.807) is 18.2 Å². The van der Waals surface area contributed by atoms with E-state index < -0.39 is 0 Å². The smallest absolute Gasteiger partial charge is 0.257 e. The average Bonchev–Trinajstić information content (AvgIpc) is 2.89. The number of aromatic amines is 1. The van der Waals surface area contributed by atoms with Crippen molar-refractivity contribution in [3.63, 3.8) is 0 Å². The number of H-pyrrole nitrogens is 1. The van der Waals surface area contributed by atoms with E-state index in [4.69, 9.17) is 4.74 Å². The van der Waals surface area contributed by atoms with E-state index in [-0.39, 0.29) is 17.4 Å². The van der Waals surface area contributed by atoms with Gasteiger partial charge in [0.05, 0.1) is 30.0 Å². The van der Waals surface area contributed by atoms with Gasteiger partial charge in [-0.15, -0.1) is 0 Å². The molecule has 120 valence electrons. The van der Waals surface area contributed by atoms with Gasteiger partial charge < -0.3 is 14.8 Å². The van der Waals surface area contributed by atoms with Gasteiger partial charge in [-0.05, 0) is 19.1 Å². The summed E-state index contributed by atoms with van der Waals surface area (Å²) in [4.78, 5) is 22.7. The SMILES string of the molecule is C[C@H]1CN(Cc2nc3c([nH]c(=O)c4cccc(O)c43)s2)CCO1. The highest BCUT2D eigenvalue weighted by Crippen LogP contribution is 2.31. The molecule has 2 N–H and O–H groups in total. The summed E-state index contributed by atoms with van der Waals surface area (Å²) in [6.07, 6.45) is 0.225. The fourth-order valence-corrected chi connectivity index (χ4v) is 4.07. The van der Waals surface area contributed by atoms with Crippen molar-refractivity contribution in [2.24, 2.45) is 0 Å². The lowest BCUT2D eigenvalue weighted by Gasteiger charge is -2.30.